The van der Waals surface area contributed by atoms with Gasteiger partial charge in [-0.2, -0.15) is 0 Å². The summed E-state index contributed by atoms with van der Waals surface area (Å²) in [6.07, 6.45) is 8.67. The molecule has 2 fully saturated rings. The average Bonchev–Trinajstić information content (AvgIpc) is 3.02. The van der Waals surface area contributed by atoms with E-state index in [1.807, 2.05) is 35.0 Å². The van der Waals surface area contributed by atoms with Crippen molar-refractivity contribution < 1.29 is 9.53 Å². The van der Waals surface area contributed by atoms with E-state index in [1.165, 1.54) is 24.6 Å². The molecular formula is C17H21N3O2S. The van der Waals surface area contributed by atoms with E-state index in [2.05, 4.69) is 9.88 Å². The van der Waals surface area contributed by atoms with Crippen molar-refractivity contribution in [3.05, 3.63) is 30.6 Å². The molecule has 1 amide bonds. The maximum Gasteiger partial charge on any atom is 0.233 e. The summed E-state index contributed by atoms with van der Waals surface area (Å²) in [7, 11) is 0. The molecule has 122 valence electrons. The monoisotopic (exact) mass is 331 g/mol. The number of amides is 1. The first kappa shape index (κ1) is 15.0. The molecule has 0 unspecified atom stereocenters. The van der Waals surface area contributed by atoms with Crippen molar-refractivity contribution in [3.63, 3.8) is 0 Å². The van der Waals surface area contributed by atoms with Crippen LogP contribution in [0.2, 0.25) is 0 Å². The van der Waals surface area contributed by atoms with Gasteiger partial charge in [-0.25, -0.2) is 4.98 Å². The molecule has 0 aromatic carbocycles. The van der Waals surface area contributed by atoms with Crippen molar-refractivity contribution in [2.24, 2.45) is 0 Å². The fourth-order valence-corrected chi connectivity index (χ4v) is 4.49. The van der Waals surface area contributed by atoms with Crippen LogP contribution in [0.25, 0.3) is 5.52 Å². The molecule has 6 heteroatoms. The van der Waals surface area contributed by atoms with Gasteiger partial charge in [-0.15, -0.1) is 0 Å². The Morgan fingerprint density at radius 2 is 2.26 bits per heavy atom. The number of rotatable bonds is 3. The lowest BCUT2D eigenvalue weighted by atomic mass is 9.90. The molecule has 1 aliphatic heterocycles. The number of carbonyl (C=O) groups is 1. The molecule has 2 aromatic rings. The summed E-state index contributed by atoms with van der Waals surface area (Å²) in [5.74, 6) is 0.653. The van der Waals surface area contributed by atoms with Gasteiger partial charge in [-0.3, -0.25) is 9.20 Å². The Bertz CT molecular complexity index is 700. The number of pyridine rings is 1. The van der Waals surface area contributed by atoms with E-state index in [4.69, 9.17) is 4.74 Å². The third kappa shape index (κ3) is 2.97. The minimum absolute atomic E-state index is 0.211. The van der Waals surface area contributed by atoms with Crippen LogP contribution in [-0.4, -0.2) is 51.2 Å². The second kappa shape index (κ2) is 6.53. The van der Waals surface area contributed by atoms with Crippen LogP contribution in [0.15, 0.2) is 35.7 Å². The smallest absolute Gasteiger partial charge is 0.233 e. The molecule has 1 aliphatic carbocycles. The van der Waals surface area contributed by atoms with Crippen molar-refractivity contribution in [1.82, 2.24) is 14.3 Å². The highest BCUT2D eigenvalue weighted by Gasteiger charge is 2.36. The van der Waals surface area contributed by atoms with Gasteiger partial charge in [0.05, 0.1) is 36.2 Å². The minimum atomic E-state index is 0.211. The van der Waals surface area contributed by atoms with Gasteiger partial charge in [0.25, 0.3) is 0 Å². The number of morpholine rings is 1. The first-order valence-corrected chi connectivity index (χ1v) is 9.27. The van der Waals surface area contributed by atoms with Crippen LogP contribution in [0.1, 0.15) is 25.7 Å². The second-order valence-corrected chi connectivity index (χ2v) is 7.12. The Morgan fingerprint density at radius 3 is 3.22 bits per heavy atom. The third-order valence-electron chi connectivity index (χ3n) is 4.78. The number of nitrogens with zero attached hydrogens (tertiary/aromatic N) is 3. The number of imidazole rings is 1. The second-order valence-electron chi connectivity index (χ2n) is 6.17. The molecule has 4 rings (SSSR count). The van der Waals surface area contributed by atoms with Crippen LogP contribution < -0.4 is 0 Å². The lowest BCUT2D eigenvalue weighted by molar-refractivity contribution is -0.146. The van der Waals surface area contributed by atoms with Crippen molar-refractivity contribution in [3.8, 4) is 0 Å². The molecule has 5 nitrogen and oxygen atoms in total. The normalized spacial score (nSPS) is 24.6. The van der Waals surface area contributed by atoms with Crippen LogP contribution in [0.4, 0.5) is 0 Å². The van der Waals surface area contributed by atoms with Crippen LogP contribution >= 0.6 is 11.8 Å². The maximum atomic E-state index is 12.7. The van der Waals surface area contributed by atoms with Crippen LogP contribution in [0, 0.1) is 0 Å². The SMILES string of the molecule is O=C(CSc1ncc2ccccn12)N1CCO[C@H]2CCCC[C@H]21. The van der Waals surface area contributed by atoms with Gasteiger partial charge in [0.1, 0.15) is 0 Å². The van der Waals surface area contributed by atoms with Crippen LogP contribution in [-0.2, 0) is 9.53 Å². The fraction of sp³-hybridized carbons (Fsp3) is 0.529. The zero-order valence-corrected chi connectivity index (χ0v) is 13.9. The molecule has 1 saturated heterocycles. The molecule has 1 saturated carbocycles. The van der Waals surface area contributed by atoms with E-state index < -0.39 is 0 Å². The molecule has 0 bridgehead atoms. The topological polar surface area (TPSA) is 46.8 Å². The standard InChI is InChI=1S/C17H21N3O2S/c21-16(20-9-10-22-15-7-2-1-6-14(15)20)12-23-17-18-11-13-5-3-4-8-19(13)17/h3-5,8,11,14-15H,1-2,6-7,9-10,12H2/t14-,15+/m1/s1. The van der Waals surface area contributed by atoms with Crippen molar-refractivity contribution in [2.45, 2.75) is 43.0 Å². The summed E-state index contributed by atoms with van der Waals surface area (Å²) in [5.41, 5.74) is 1.06. The molecule has 2 atom stereocenters. The van der Waals surface area contributed by atoms with Gasteiger partial charge in [0, 0.05) is 12.7 Å². The van der Waals surface area contributed by atoms with E-state index in [9.17, 15) is 4.79 Å². The van der Waals surface area contributed by atoms with Crippen molar-refractivity contribution >= 4 is 23.2 Å². The predicted octanol–water partition coefficient (Wildman–Crippen LogP) is 2.60. The summed E-state index contributed by atoms with van der Waals surface area (Å²) in [6, 6.07) is 6.28. The lowest BCUT2D eigenvalue weighted by Gasteiger charge is -2.43. The molecule has 2 aromatic heterocycles. The number of hydrogen-bond acceptors (Lipinski definition) is 4. The number of hydrogen-bond donors (Lipinski definition) is 0. The minimum Gasteiger partial charge on any atom is -0.374 e. The number of fused-ring (bicyclic) bond motifs is 2. The largest absolute Gasteiger partial charge is 0.374 e. The molecular weight excluding hydrogens is 310 g/mol. The zero-order valence-electron chi connectivity index (χ0n) is 13.1. The van der Waals surface area contributed by atoms with Gasteiger partial charge in [0.2, 0.25) is 5.91 Å². The van der Waals surface area contributed by atoms with E-state index in [0.717, 1.165) is 30.1 Å². The van der Waals surface area contributed by atoms with Crippen LogP contribution in [0.5, 0.6) is 0 Å². The maximum absolute atomic E-state index is 12.7. The Labute approximate surface area is 140 Å². The van der Waals surface area contributed by atoms with E-state index in [1.54, 1.807) is 0 Å². The predicted molar refractivity (Wildman–Crippen MR) is 89.6 cm³/mol. The van der Waals surface area contributed by atoms with Crippen molar-refractivity contribution in [1.29, 1.82) is 0 Å². The number of carbonyl (C=O) groups excluding carboxylic acids is 1. The van der Waals surface area contributed by atoms with Gasteiger partial charge in [0.15, 0.2) is 5.16 Å². The number of aromatic nitrogens is 2. The van der Waals surface area contributed by atoms with E-state index in [0.29, 0.717) is 12.4 Å². The highest BCUT2D eigenvalue weighted by molar-refractivity contribution is 7.99. The molecule has 0 radical (unpaired) electrons. The Balaban J connectivity index is 1.43. The first-order valence-electron chi connectivity index (χ1n) is 8.29. The fourth-order valence-electron chi connectivity index (χ4n) is 3.64. The number of ether oxygens (including phenoxy) is 1. The molecule has 2 aliphatic rings. The van der Waals surface area contributed by atoms with Gasteiger partial charge in [-0.1, -0.05) is 30.7 Å². The van der Waals surface area contributed by atoms with Gasteiger partial charge >= 0.3 is 0 Å². The summed E-state index contributed by atoms with van der Waals surface area (Å²) in [5, 5.41) is 0.877. The van der Waals surface area contributed by atoms with Crippen molar-refractivity contribution in [2.75, 3.05) is 18.9 Å². The quantitative estimate of drug-likeness (QED) is 0.811. The highest BCUT2D eigenvalue weighted by Crippen LogP contribution is 2.29. The molecule has 0 spiro atoms. The Morgan fingerprint density at radius 1 is 1.35 bits per heavy atom. The number of thioether (sulfide) groups is 1. The first-order chi connectivity index (χ1) is 11.3. The van der Waals surface area contributed by atoms with E-state index in [-0.39, 0.29) is 18.1 Å². The Kier molecular flexibility index (Phi) is 4.27. The summed E-state index contributed by atoms with van der Waals surface area (Å²) >= 11 is 1.52. The molecule has 23 heavy (non-hydrogen) atoms. The lowest BCUT2D eigenvalue weighted by Crippen LogP contribution is -2.55. The summed E-state index contributed by atoms with van der Waals surface area (Å²) in [6.45, 7) is 1.40. The molecule has 0 N–H and O–H groups in total. The van der Waals surface area contributed by atoms with Crippen LogP contribution in [0.3, 0.4) is 0 Å². The third-order valence-corrected chi connectivity index (χ3v) is 5.73. The molecule has 3 heterocycles. The Hall–Kier alpha value is -1.53. The van der Waals surface area contributed by atoms with Gasteiger partial charge in [-0.05, 0) is 25.0 Å². The van der Waals surface area contributed by atoms with Gasteiger partial charge < -0.3 is 9.64 Å². The summed E-state index contributed by atoms with van der Waals surface area (Å²) in [4.78, 5) is 19.2. The zero-order chi connectivity index (χ0) is 15.6. The summed E-state index contributed by atoms with van der Waals surface area (Å²) < 4.78 is 7.88. The van der Waals surface area contributed by atoms with E-state index >= 15 is 0 Å². The highest BCUT2D eigenvalue weighted by atomic mass is 32.2. The average molecular weight is 331 g/mol.